The quantitative estimate of drug-likeness (QED) is 0.766. The number of nitrogens with two attached hydrogens (primary N) is 1. The molecule has 4 saturated carbocycles. The zero-order chi connectivity index (χ0) is 16.7. The lowest BCUT2D eigenvalue weighted by Crippen LogP contribution is -2.55. The Balaban J connectivity index is 1.30. The standard InChI is InChI=1S/C21H31ClN2/c1-14(21-11-15-8-16(12-21)10-17(9-15)13-21)24-7-6-20(23)18-2-4-19(22)5-3-18/h2-5,14-17,20,24H,6-13,23H2,1H3. The molecule has 0 amide bonds. The van der Waals surface area contributed by atoms with E-state index in [9.17, 15) is 0 Å². The van der Waals surface area contributed by atoms with E-state index in [1.54, 1.807) is 0 Å². The van der Waals surface area contributed by atoms with E-state index in [0.717, 1.165) is 35.7 Å². The van der Waals surface area contributed by atoms with Crippen molar-refractivity contribution in [2.24, 2.45) is 28.9 Å². The Morgan fingerprint density at radius 1 is 1.08 bits per heavy atom. The van der Waals surface area contributed by atoms with E-state index in [0.29, 0.717) is 11.5 Å². The fraction of sp³-hybridized carbons (Fsp3) is 0.714. The van der Waals surface area contributed by atoms with Gasteiger partial charge in [-0.15, -0.1) is 0 Å². The molecule has 4 bridgehead atoms. The van der Waals surface area contributed by atoms with Crippen molar-refractivity contribution in [1.29, 1.82) is 0 Å². The van der Waals surface area contributed by atoms with Gasteiger partial charge in [0.1, 0.15) is 0 Å². The molecule has 132 valence electrons. The lowest BCUT2D eigenvalue weighted by molar-refractivity contribution is -0.0703. The molecule has 0 saturated heterocycles. The van der Waals surface area contributed by atoms with Gasteiger partial charge in [0.15, 0.2) is 0 Å². The van der Waals surface area contributed by atoms with Crippen LogP contribution in [0.5, 0.6) is 0 Å². The van der Waals surface area contributed by atoms with E-state index in [-0.39, 0.29) is 6.04 Å². The summed E-state index contributed by atoms with van der Waals surface area (Å²) in [5.41, 5.74) is 8.12. The van der Waals surface area contributed by atoms with Gasteiger partial charge < -0.3 is 11.1 Å². The van der Waals surface area contributed by atoms with Crippen molar-refractivity contribution in [3.05, 3.63) is 34.9 Å². The lowest BCUT2D eigenvalue weighted by atomic mass is 9.48. The number of rotatable bonds is 6. The first-order valence-corrected chi connectivity index (χ1v) is 10.2. The largest absolute Gasteiger partial charge is 0.324 e. The van der Waals surface area contributed by atoms with Gasteiger partial charge in [0, 0.05) is 17.1 Å². The van der Waals surface area contributed by atoms with E-state index in [1.807, 2.05) is 12.1 Å². The molecule has 4 fully saturated rings. The zero-order valence-corrected chi connectivity index (χ0v) is 15.6. The van der Waals surface area contributed by atoms with E-state index >= 15 is 0 Å². The molecule has 0 aromatic heterocycles. The van der Waals surface area contributed by atoms with Gasteiger partial charge in [-0.1, -0.05) is 23.7 Å². The van der Waals surface area contributed by atoms with Crippen LogP contribution in [0, 0.1) is 23.2 Å². The van der Waals surface area contributed by atoms with E-state index in [2.05, 4.69) is 24.4 Å². The highest BCUT2D eigenvalue weighted by Gasteiger charge is 2.52. The summed E-state index contributed by atoms with van der Waals surface area (Å²) in [6, 6.07) is 8.69. The lowest BCUT2D eigenvalue weighted by Gasteiger charge is -2.59. The van der Waals surface area contributed by atoms with Crippen LogP contribution < -0.4 is 11.1 Å². The van der Waals surface area contributed by atoms with Gasteiger partial charge in [-0.25, -0.2) is 0 Å². The van der Waals surface area contributed by atoms with E-state index < -0.39 is 0 Å². The summed E-state index contributed by atoms with van der Waals surface area (Å²) in [5.74, 6) is 3.07. The third-order valence-electron chi connectivity index (χ3n) is 7.21. The van der Waals surface area contributed by atoms with Crippen LogP contribution in [-0.2, 0) is 0 Å². The number of hydrogen-bond donors (Lipinski definition) is 2. The molecule has 0 spiro atoms. The van der Waals surface area contributed by atoms with Crippen molar-refractivity contribution >= 4 is 11.6 Å². The van der Waals surface area contributed by atoms with Crippen molar-refractivity contribution < 1.29 is 0 Å². The van der Waals surface area contributed by atoms with Crippen molar-refractivity contribution in [1.82, 2.24) is 5.32 Å². The second-order valence-corrected chi connectivity index (χ2v) is 9.34. The topological polar surface area (TPSA) is 38.0 Å². The highest BCUT2D eigenvalue weighted by molar-refractivity contribution is 6.30. The summed E-state index contributed by atoms with van der Waals surface area (Å²) in [5, 5.41) is 4.62. The third kappa shape index (κ3) is 3.25. The predicted molar refractivity (Wildman–Crippen MR) is 101 cm³/mol. The number of benzene rings is 1. The Morgan fingerprint density at radius 2 is 1.62 bits per heavy atom. The molecule has 2 atom stereocenters. The molecular weight excluding hydrogens is 316 g/mol. The van der Waals surface area contributed by atoms with E-state index in [4.69, 9.17) is 17.3 Å². The minimum Gasteiger partial charge on any atom is -0.324 e. The molecule has 0 heterocycles. The normalized spacial score (nSPS) is 36.7. The Kier molecular flexibility index (Phi) is 4.66. The molecule has 24 heavy (non-hydrogen) atoms. The smallest absolute Gasteiger partial charge is 0.0406 e. The second kappa shape index (κ2) is 6.63. The van der Waals surface area contributed by atoms with Gasteiger partial charge in [-0.3, -0.25) is 0 Å². The monoisotopic (exact) mass is 346 g/mol. The number of nitrogens with one attached hydrogen (secondary N) is 1. The molecule has 4 aliphatic rings. The maximum Gasteiger partial charge on any atom is 0.0406 e. The van der Waals surface area contributed by atoms with Crippen LogP contribution in [0.4, 0.5) is 0 Å². The van der Waals surface area contributed by atoms with Gasteiger partial charge >= 0.3 is 0 Å². The maximum atomic E-state index is 6.35. The first-order valence-electron chi connectivity index (χ1n) is 9.78. The summed E-state index contributed by atoms with van der Waals surface area (Å²) in [6.07, 6.45) is 9.95. The number of halogens is 1. The first-order chi connectivity index (χ1) is 11.5. The van der Waals surface area contributed by atoms with Crippen LogP contribution in [0.25, 0.3) is 0 Å². The Hall–Kier alpha value is -0.570. The second-order valence-electron chi connectivity index (χ2n) is 8.90. The zero-order valence-electron chi connectivity index (χ0n) is 14.8. The predicted octanol–water partition coefficient (Wildman–Crippen LogP) is 4.92. The maximum absolute atomic E-state index is 6.35. The van der Waals surface area contributed by atoms with Crippen LogP contribution in [0.1, 0.15) is 63.5 Å². The Labute approximate surface area is 151 Å². The molecule has 3 N–H and O–H groups in total. The summed E-state index contributed by atoms with van der Waals surface area (Å²) in [4.78, 5) is 0. The molecule has 1 aromatic carbocycles. The molecular formula is C21H31ClN2. The molecule has 1 aromatic rings. The van der Waals surface area contributed by atoms with Gasteiger partial charge in [0.2, 0.25) is 0 Å². The molecule has 5 rings (SSSR count). The van der Waals surface area contributed by atoms with Crippen LogP contribution >= 0.6 is 11.6 Å². The highest BCUT2D eigenvalue weighted by Crippen LogP contribution is 2.61. The molecule has 0 aliphatic heterocycles. The molecule has 2 nitrogen and oxygen atoms in total. The first kappa shape index (κ1) is 16.9. The van der Waals surface area contributed by atoms with Gasteiger partial charge in [0.05, 0.1) is 0 Å². The molecule has 2 unspecified atom stereocenters. The van der Waals surface area contributed by atoms with Crippen LogP contribution in [0.3, 0.4) is 0 Å². The van der Waals surface area contributed by atoms with Crippen molar-refractivity contribution in [2.45, 2.75) is 64.0 Å². The van der Waals surface area contributed by atoms with Crippen LogP contribution in [0.2, 0.25) is 5.02 Å². The van der Waals surface area contributed by atoms with Gasteiger partial charge in [0.25, 0.3) is 0 Å². The molecule has 3 heteroatoms. The van der Waals surface area contributed by atoms with Crippen molar-refractivity contribution in [3.8, 4) is 0 Å². The Bertz CT molecular complexity index is 532. The average molecular weight is 347 g/mol. The summed E-state index contributed by atoms with van der Waals surface area (Å²) in [6.45, 7) is 3.44. The summed E-state index contributed by atoms with van der Waals surface area (Å²) in [7, 11) is 0. The summed E-state index contributed by atoms with van der Waals surface area (Å²) < 4.78 is 0. The molecule has 4 aliphatic carbocycles. The average Bonchev–Trinajstić information content (AvgIpc) is 2.54. The van der Waals surface area contributed by atoms with Gasteiger partial charge in [-0.05, 0) is 99.3 Å². The van der Waals surface area contributed by atoms with Crippen LogP contribution in [-0.4, -0.2) is 12.6 Å². The third-order valence-corrected chi connectivity index (χ3v) is 7.46. The van der Waals surface area contributed by atoms with E-state index in [1.165, 1.54) is 44.1 Å². The fourth-order valence-corrected chi connectivity index (χ4v) is 6.38. The highest BCUT2D eigenvalue weighted by atomic mass is 35.5. The van der Waals surface area contributed by atoms with Crippen molar-refractivity contribution in [3.63, 3.8) is 0 Å². The fourth-order valence-electron chi connectivity index (χ4n) is 6.26. The Morgan fingerprint density at radius 3 is 2.17 bits per heavy atom. The minimum absolute atomic E-state index is 0.0957. The van der Waals surface area contributed by atoms with Crippen LogP contribution in [0.15, 0.2) is 24.3 Å². The summed E-state index contributed by atoms with van der Waals surface area (Å²) >= 11 is 5.96. The minimum atomic E-state index is 0.0957. The molecule has 0 radical (unpaired) electrons. The number of hydrogen-bond acceptors (Lipinski definition) is 2. The van der Waals surface area contributed by atoms with Gasteiger partial charge in [-0.2, -0.15) is 0 Å². The SMILES string of the molecule is CC(NCCC(N)c1ccc(Cl)cc1)C12CC3CC(CC(C3)C1)C2. The van der Waals surface area contributed by atoms with Crippen molar-refractivity contribution in [2.75, 3.05) is 6.54 Å².